The summed E-state index contributed by atoms with van der Waals surface area (Å²) < 4.78 is 10.3. The Morgan fingerprint density at radius 2 is 2.10 bits per heavy atom. The van der Waals surface area contributed by atoms with Crippen molar-refractivity contribution in [1.82, 2.24) is 9.80 Å². The second-order valence-corrected chi connectivity index (χ2v) is 4.46. The first-order valence-electron chi connectivity index (χ1n) is 6.20. The Morgan fingerprint density at radius 1 is 1.40 bits per heavy atom. The van der Waals surface area contributed by atoms with Crippen molar-refractivity contribution in [2.75, 3.05) is 33.9 Å². The Kier molecular flexibility index (Phi) is 6.05. The summed E-state index contributed by atoms with van der Waals surface area (Å²) in [6.45, 7) is 2.26. The Balaban J connectivity index is 2.64. The number of furan rings is 1. The largest absolute Gasteiger partial charge is 0.480 e. The number of rotatable bonds is 7. The molecule has 1 heterocycles. The van der Waals surface area contributed by atoms with Crippen LogP contribution in [-0.2, 0) is 16.1 Å². The van der Waals surface area contributed by atoms with Gasteiger partial charge in [-0.3, -0.25) is 4.79 Å². The topological polar surface area (TPSA) is 83.2 Å². The van der Waals surface area contributed by atoms with Crippen molar-refractivity contribution < 1.29 is 23.8 Å². The van der Waals surface area contributed by atoms with E-state index in [-0.39, 0.29) is 32.3 Å². The quantitative estimate of drug-likeness (QED) is 0.812. The highest BCUT2D eigenvalue weighted by Crippen LogP contribution is 2.10. The minimum Gasteiger partial charge on any atom is -0.480 e. The average molecular weight is 284 g/mol. The maximum absolute atomic E-state index is 12.2. The Labute approximate surface area is 117 Å². The smallest absolute Gasteiger partial charge is 0.323 e. The predicted molar refractivity (Wildman–Crippen MR) is 71.4 cm³/mol. The zero-order valence-electron chi connectivity index (χ0n) is 12.0. The van der Waals surface area contributed by atoms with Crippen molar-refractivity contribution >= 4 is 12.0 Å². The molecule has 0 atom stereocenters. The maximum Gasteiger partial charge on any atom is 0.323 e. The summed E-state index contributed by atoms with van der Waals surface area (Å²) in [5, 5.41) is 8.84. The van der Waals surface area contributed by atoms with Gasteiger partial charge in [0.1, 0.15) is 18.1 Å². The molecule has 0 aromatic carbocycles. The molecule has 1 aromatic heterocycles. The van der Waals surface area contributed by atoms with E-state index in [1.54, 1.807) is 13.1 Å². The molecular formula is C13H20N2O5. The van der Waals surface area contributed by atoms with E-state index in [1.807, 2.05) is 13.0 Å². The number of urea groups is 1. The number of hydrogen-bond acceptors (Lipinski definition) is 4. The zero-order valence-corrected chi connectivity index (χ0v) is 12.0. The molecule has 0 fully saturated rings. The van der Waals surface area contributed by atoms with Gasteiger partial charge in [-0.15, -0.1) is 0 Å². The van der Waals surface area contributed by atoms with E-state index in [0.717, 1.165) is 5.76 Å². The first-order valence-corrected chi connectivity index (χ1v) is 6.20. The van der Waals surface area contributed by atoms with E-state index >= 15 is 0 Å². The molecular weight excluding hydrogens is 264 g/mol. The molecule has 1 aromatic rings. The minimum atomic E-state index is -1.06. The van der Waals surface area contributed by atoms with E-state index in [4.69, 9.17) is 14.3 Å². The van der Waals surface area contributed by atoms with Crippen LogP contribution in [0.1, 0.15) is 11.5 Å². The molecule has 7 nitrogen and oxygen atoms in total. The summed E-state index contributed by atoms with van der Waals surface area (Å²) in [5.74, 6) is 0.361. The molecule has 7 heteroatoms. The molecule has 112 valence electrons. The van der Waals surface area contributed by atoms with Gasteiger partial charge in [-0.25, -0.2) is 4.79 Å². The van der Waals surface area contributed by atoms with Crippen molar-refractivity contribution in [1.29, 1.82) is 0 Å². The van der Waals surface area contributed by atoms with Crippen LogP contribution in [0.25, 0.3) is 0 Å². The number of amides is 2. The SMILES string of the molecule is COCCN(CC(=O)O)C(=O)N(C)Cc1ccc(C)o1. The molecule has 2 amide bonds. The zero-order chi connectivity index (χ0) is 15.1. The second-order valence-electron chi connectivity index (χ2n) is 4.46. The summed E-state index contributed by atoms with van der Waals surface area (Å²) in [6.07, 6.45) is 0. The van der Waals surface area contributed by atoms with Crippen molar-refractivity contribution in [3.63, 3.8) is 0 Å². The number of carbonyl (C=O) groups excluding carboxylic acids is 1. The Hall–Kier alpha value is -2.02. The van der Waals surface area contributed by atoms with E-state index in [2.05, 4.69) is 0 Å². The fraction of sp³-hybridized carbons (Fsp3) is 0.538. The van der Waals surface area contributed by atoms with E-state index in [1.165, 1.54) is 16.9 Å². The lowest BCUT2D eigenvalue weighted by Crippen LogP contribution is -2.44. The van der Waals surface area contributed by atoms with Crippen molar-refractivity contribution in [2.24, 2.45) is 0 Å². The van der Waals surface area contributed by atoms with Gasteiger partial charge >= 0.3 is 12.0 Å². The van der Waals surface area contributed by atoms with Crippen LogP contribution in [-0.4, -0.2) is 60.8 Å². The van der Waals surface area contributed by atoms with Crippen LogP contribution in [0.2, 0.25) is 0 Å². The van der Waals surface area contributed by atoms with Crippen LogP contribution in [0.3, 0.4) is 0 Å². The molecule has 0 aliphatic heterocycles. The standard InChI is InChI=1S/C13H20N2O5/c1-10-4-5-11(20-10)8-14(2)13(18)15(6-7-19-3)9-12(16)17/h4-5H,6-9H2,1-3H3,(H,16,17). The molecule has 0 unspecified atom stereocenters. The number of carboxylic acids is 1. The van der Waals surface area contributed by atoms with Crippen molar-refractivity contribution in [2.45, 2.75) is 13.5 Å². The molecule has 0 aliphatic carbocycles. The van der Waals surface area contributed by atoms with Gasteiger partial charge in [-0.1, -0.05) is 0 Å². The highest BCUT2D eigenvalue weighted by atomic mass is 16.5. The predicted octanol–water partition coefficient (Wildman–Crippen LogP) is 1.17. The van der Waals surface area contributed by atoms with E-state index < -0.39 is 5.97 Å². The van der Waals surface area contributed by atoms with Crippen LogP contribution >= 0.6 is 0 Å². The number of nitrogens with zero attached hydrogens (tertiary/aromatic N) is 2. The van der Waals surface area contributed by atoms with Crippen molar-refractivity contribution in [3.8, 4) is 0 Å². The molecule has 0 aliphatic rings. The second kappa shape index (κ2) is 7.54. The van der Waals surface area contributed by atoms with Crippen LogP contribution in [0.4, 0.5) is 4.79 Å². The lowest BCUT2D eigenvalue weighted by molar-refractivity contribution is -0.137. The van der Waals surface area contributed by atoms with Gasteiger partial charge in [0.15, 0.2) is 0 Å². The maximum atomic E-state index is 12.2. The van der Waals surface area contributed by atoms with Gasteiger partial charge < -0.3 is 24.1 Å². The average Bonchev–Trinajstić information content (AvgIpc) is 2.78. The van der Waals surface area contributed by atoms with Crippen LogP contribution in [0.5, 0.6) is 0 Å². The van der Waals surface area contributed by atoms with Crippen LogP contribution in [0, 0.1) is 6.92 Å². The number of methoxy groups -OCH3 is 1. The minimum absolute atomic E-state index is 0.225. The number of carbonyl (C=O) groups is 2. The molecule has 0 radical (unpaired) electrons. The number of hydrogen-bond donors (Lipinski definition) is 1. The van der Waals surface area contributed by atoms with Gasteiger partial charge in [0.2, 0.25) is 0 Å². The third kappa shape index (κ3) is 4.93. The first kappa shape index (κ1) is 16.0. The van der Waals surface area contributed by atoms with Crippen LogP contribution in [0.15, 0.2) is 16.5 Å². The molecule has 0 saturated heterocycles. The molecule has 0 bridgehead atoms. The first-order chi connectivity index (χ1) is 9.43. The summed E-state index contributed by atoms with van der Waals surface area (Å²) >= 11 is 0. The van der Waals surface area contributed by atoms with Gasteiger partial charge in [0, 0.05) is 20.7 Å². The number of aryl methyl sites for hydroxylation is 1. The fourth-order valence-corrected chi connectivity index (χ4v) is 1.72. The molecule has 1 rings (SSSR count). The highest BCUT2D eigenvalue weighted by Gasteiger charge is 2.21. The number of carboxylic acid groups (broad SMARTS) is 1. The van der Waals surface area contributed by atoms with Gasteiger partial charge in [-0.2, -0.15) is 0 Å². The molecule has 20 heavy (non-hydrogen) atoms. The van der Waals surface area contributed by atoms with E-state index in [9.17, 15) is 9.59 Å². The molecule has 0 saturated carbocycles. The van der Waals surface area contributed by atoms with Crippen molar-refractivity contribution in [3.05, 3.63) is 23.7 Å². The Morgan fingerprint density at radius 3 is 2.60 bits per heavy atom. The fourth-order valence-electron chi connectivity index (χ4n) is 1.72. The number of ether oxygens (including phenoxy) is 1. The Bertz CT molecular complexity index is 457. The van der Waals surface area contributed by atoms with Gasteiger partial charge in [0.05, 0.1) is 13.2 Å². The highest BCUT2D eigenvalue weighted by molar-refractivity contribution is 5.80. The molecule has 0 spiro atoms. The lowest BCUT2D eigenvalue weighted by atomic mass is 10.4. The summed E-state index contributed by atoms with van der Waals surface area (Å²) in [6, 6.07) is 3.22. The monoisotopic (exact) mass is 284 g/mol. The molecule has 1 N–H and O–H groups in total. The third-order valence-electron chi connectivity index (χ3n) is 2.68. The summed E-state index contributed by atoms with van der Waals surface area (Å²) in [5.41, 5.74) is 0. The van der Waals surface area contributed by atoms with Gasteiger partial charge in [-0.05, 0) is 19.1 Å². The summed E-state index contributed by atoms with van der Waals surface area (Å²) in [7, 11) is 3.10. The van der Waals surface area contributed by atoms with Gasteiger partial charge in [0.25, 0.3) is 0 Å². The normalized spacial score (nSPS) is 10.3. The summed E-state index contributed by atoms with van der Waals surface area (Å²) in [4.78, 5) is 25.6. The third-order valence-corrected chi connectivity index (χ3v) is 2.68. The van der Waals surface area contributed by atoms with E-state index in [0.29, 0.717) is 5.76 Å². The lowest BCUT2D eigenvalue weighted by Gasteiger charge is -2.26. The number of aliphatic carboxylic acids is 1. The van der Waals surface area contributed by atoms with Crippen LogP contribution < -0.4 is 0 Å².